The van der Waals surface area contributed by atoms with Crippen LogP contribution in [0.3, 0.4) is 0 Å². The van der Waals surface area contributed by atoms with E-state index in [0.29, 0.717) is 29.4 Å². The maximum Gasteiger partial charge on any atom is 0.267 e. The van der Waals surface area contributed by atoms with Crippen LogP contribution in [0.1, 0.15) is 33.4 Å². The van der Waals surface area contributed by atoms with Crippen LogP contribution in [0.25, 0.3) is 11.3 Å². The molecule has 0 aliphatic heterocycles. The summed E-state index contributed by atoms with van der Waals surface area (Å²) in [7, 11) is 1.79. The van der Waals surface area contributed by atoms with Crippen LogP contribution in [0.15, 0.2) is 60.8 Å². The monoisotopic (exact) mass is 451 g/mol. The van der Waals surface area contributed by atoms with Crippen molar-refractivity contribution in [2.45, 2.75) is 26.4 Å². The number of hydrogen-bond donors (Lipinski definition) is 0. The number of halogens is 1. The highest BCUT2D eigenvalue weighted by Gasteiger charge is 2.21. The first-order valence-electron chi connectivity index (χ1n) is 9.98. The lowest BCUT2D eigenvalue weighted by Gasteiger charge is -2.16. The number of nitrogens with zero attached hydrogens (tertiary/aromatic N) is 5. The molecule has 0 saturated carbocycles. The standard InChI is InChI=1S/C23H22ClN5OS/c1-3-20-22(31-27-25-20)23(30)28(2)13-18-15-29(14-17-11-7-8-12-19(17)24)26-21(18)16-9-5-4-6-10-16/h4-12,15H,3,13-14H2,1-2H3. The largest absolute Gasteiger partial charge is 0.336 e. The molecule has 0 atom stereocenters. The third kappa shape index (κ3) is 4.68. The highest BCUT2D eigenvalue weighted by atomic mass is 35.5. The van der Waals surface area contributed by atoms with Crippen molar-refractivity contribution in [1.82, 2.24) is 24.3 Å². The number of aryl methyl sites for hydroxylation is 1. The molecule has 1 amide bonds. The van der Waals surface area contributed by atoms with Crippen molar-refractivity contribution in [1.29, 1.82) is 0 Å². The Morgan fingerprint density at radius 2 is 1.84 bits per heavy atom. The van der Waals surface area contributed by atoms with Crippen molar-refractivity contribution in [2.24, 2.45) is 0 Å². The first-order chi connectivity index (χ1) is 15.1. The van der Waals surface area contributed by atoms with Gasteiger partial charge in [-0.1, -0.05) is 71.5 Å². The third-order valence-corrected chi connectivity index (χ3v) is 6.14. The summed E-state index contributed by atoms with van der Waals surface area (Å²) in [6.45, 7) is 2.95. The van der Waals surface area contributed by atoms with E-state index in [1.807, 2.05) is 72.4 Å². The maximum atomic E-state index is 13.0. The van der Waals surface area contributed by atoms with Gasteiger partial charge in [-0.25, -0.2) is 0 Å². The second-order valence-corrected chi connectivity index (χ2v) is 8.38. The van der Waals surface area contributed by atoms with Gasteiger partial charge in [0.2, 0.25) is 0 Å². The lowest BCUT2D eigenvalue weighted by Crippen LogP contribution is -2.26. The van der Waals surface area contributed by atoms with E-state index in [4.69, 9.17) is 16.7 Å². The fourth-order valence-electron chi connectivity index (χ4n) is 3.40. The summed E-state index contributed by atoms with van der Waals surface area (Å²) in [4.78, 5) is 15.3. The number of rotatable bonds is 7. The van der Waals surface area contributed by atoms with Crippen LogP contribution in [0.2, 0.25) is 5.02 Å². The molecule has 0 unspecified atom stereocenters. The van der Waals surface area contributed by atoms with E-state index in [0.717, 1.165) is 39.6 Å². The zero-order valence-corrected chi connectivity index (χ0v) is 18.9. The molecule has 0 saturated heterocycles. The van der Waals surface area contributed by atoms with E-state index in [9.17, 15) is 4.79 Å². The van der Waals surface area contributed by atoms with Crippen LogP contribution in [-0.4, -0.2) is 37.2 Å². The van der Waals surface area contributed by atoms with Gasteiger partial charge < -0.3 is 4.90 Å². The highest BCUT2D eigenvalue weighted by molar-refractivity contribution is 7.08. The van der Waals surface area contributed by atoms with Gasteiger partial charge in [0, 0.05) is 35.9 Å². The fraction of sp³-hybridized carbons (Fsp3) is 0.217. The van der Waals surface area contributed by atoms with Crippen molar-refractivity contribution in [3.05, 3.63) is 87.5 Å². The predicted octanol–water partition coefficient (Wildman–Crippen LogP) is 4.94. The van der Waals surface area contributed by atoms with Crippen LogP contribution in [0, 0.1) is 0 Å². The van der Waals surface area contributed by atoms with Gasteiger partial charge >= 0.3 is 0 Å². The minimum atomic E-state index is -0.0790. The molecular formula is C23H22ClN5OS. The third-order valence-electron chi connectivity index (χ3n) is 5.01. The van der Waals surface area contributed by atoms with Crippen molar-refractivity contribution >= 4 is 29.0 Å². The van der Waals surface area contributed by atoms with E-state index in [1.165, 1.54) is 0 Å². The van der Waals surface area contributed by atoms with Crippen molar-refractivity contribution in [3.63, 3.8) is 0 Å². The smallest absolute Gasteiger partial charge is 0.267 e. The molecule has 0 N–H and O–H groups in total. The Bertz CT molecular complexity index is 1190. The van der Waals surface area contributed by atoms with Crippen molar-refractivity contribution in [2.75, 3.05) is 7.05 Å². The molecule has 2 heterocycles. The van der Waals surface area contributed by atoms with Gasteiger partial charge in [0.25, 0.3) is 5.91 Å². The highest BCUT2D eigenvalue weighted by Crippen LogP contribution is 2.25. The Morgan fingerprint density at radius 3 is 2.58 bits per heavy atom. The minimum absolute atomic E-state index is 0.0790. The predicted molar refractivity (Wildman–Crippen MR) is 123 cm³/mol. The number of carbonyl (C=O) groups excluding carboxylic acids is 1. The molecule has 2 aromatic carbocycles. The molecule has 158 valence electrons. The molecule has 0 radical (unpaired) electrons. The summed E-state index contributed by atoms with van der Waals surface area (Å²) in [5.41, 5.74) is 4.55. The summed E-state index contributed by atoms with van der Waals surface area (Å²) in [5.74, 6) is -0.0790. The Morgan fingerprint density at radius 1 is 1.10 bits per heavy atom. The molecule has 0 bridgehead atoms. The molecule has 8 heteroatoms. The Hall–Kier alpha value is -3.03. The average Bonchev–Trinajstić information content (AvgIpc) is 3.42. The summed E-state index contributed by atoms with van der Waals surface area (Å²) in [5, 5.41) is 9.59. The first kappa shape index (κ1) is 21.2. The van der Waals surface area contributed by atoms with E-state index < -0.39 is 0 Å². The first-order valence-corrected chi connectivity index (χ1v) is 11.1. The van der Waals surface area contributed by atoms with Crippen LogP contribution in [0.4, 0.5) is 0 Å². The van der Waals surface area contributed by atoms with Gasteiger partial charge in [-0.2, -0.15) is 5.10 Å². The van der Waals surface area contributed by atoms with Crippen molar-refractivity contribution < 1.29 is 4.79 Å². The minimum Gasteiger partial charge on any atom is -0.336 e. The normalized spacial score (nSPS) is 10.9. The zero-order chi connectivity index (χ0) is 21.8. The molecule has 31 heavy (non-hydrogen) atoms. The molecule has 0 aliphatic carbocycles. The SMILES string of the molecule is CCc1nnsc1C(=O)N(C)Cc1cn(Cc2ccccc2Cl)nc1-c1ccccc1. The van der Waals surface area contributed by atoms with Gasteiger partial charge in [-0.3, -0.25) is 9.48 Å². The van der Waals surface area contributed by atoms with Crippen molar-refractivity contribution in [3.8, 4) is 11.3 Å². The van der Waals surface area contributed by atoms with E-state index in [1.54, 1.807) is 11.9 Å². The Balaban J connectivity index is 1.64. The molecule has 4 aromatic rings. The van der Waals surface area contributed by atoms with Crippen LogP contribution < -0.4 is 0 Å². The maximum absolute atomic E-state index is 13.0. The Labute approximate surface area is 190 Å². The van der Waals surface area contributed by atoms with E-state index >= 15 is 0 Å². The number of carbonyl (C=O) groups is 1. The summed E-state index contributed by atoms with van der Waals surface area (Å²) in [6.07, 6.45) is 2.66. The van der Waals surface area contributed by atoms with Gasteiger partial charge in [-0.05, 0) is 29.6 Å². The topological polar surface area (TPSA) is 63.9 Å². The van der Waals surface area contributed by atoms with E-state index in [2.05, 4.69) is 9.59 Å². The van der Waals surface area contributed by atoms with Crippen LogP contribution in [0.5, 0.6) is 0 Å². The Kier molecular flexibility index (Phi) is 6.44. The molecule has 0 fully saturated rings. The summed E-state index contributed by atoms with van der Waals surface area (Å²) < 4.78 is 5.82. The molecule has 0 aliphatic rings. The number of hydrogen-bond acceptors (Lipinski definition) is 5. The lowest BCUT2D eigenvalue weighted by molar-refractivity contribution is 0.0789. The number of benzene rings is 2. The van der Waals surface area contributed by atoms with Crippen LogP contribution in [-0.2, 0) is 19.5 Å². The molecule has 6 nitrogen and oxygen atoms in total. The zero-order valence-electron chi connectivity index (χ0n) is 17.3. The van der Waals surface area contributed by atoms with Gasteiger partial charge in [0.05, 0.1) is 17.9 Å². The molecule has 0 spiro atoms. The second kappa shape index (κ2) is 9.41. The average molecular weight is 452 g/mol. The van der Waals surface area contributed by atoms with E-state index in [-0.39, 0.29) is 5.91 Å². The second-order valence-electron chi connectivity index (χ2n) is 7.22. The van der Waals surface area contributed by atoms with Gasteiger partial charge in [0.15, 0.2) is 0 Å². The molecule has 2 aromatic heterocycles. The summed E-state index contributed by atoms with van der Waals surface area (Å²) in [6, 6.07) is 17.7. The molecular weight excluding hydrogens is 430 g/mol. The quantitative estimate of drug-likeness (QED) is 0.399. The molecule has 4 rings (SSSR count). The van der Waals surface area contributed by atoms with Crippen LogP contribution >= 0.6 is 23.1 Å². The van der Waals surface area contributed by atoms with Gasteiger partial charge in [0.1, 0.15) is 4.88 Å². The lowest BCUT2D eigenvalue weighted by atomic mass is 10.1. The number of aromatic nitrogens is 4. The fourth-order valence-corrected chi connectivity index (χ4v) is 4.34. The van der Waals surface area contributed by atoms with Gasteiger partial charge in [-0.15, -0.1) is 5.10 Å². The summed E-state index contributed by atoms with van der Waals surface area (Å²) >= 11 is 7.49. The number of amides is 1.